The molecular weight excluding hydrogens is 250 g/mol. The van der Waals surface area contributed by atoms with E-state index < -0.39 is 0 Å². The second-order valence-electron chi connectivity index (χ2n) is 3.54. The van der Waals surface area contributed by atoms with E-state index in [0.717, 1.165) is 17.3 Å². The van der Waals surface area contributed by atoms with Crippen LogP contribution in [0.1, 0.15) is 20.3 Å². The maximum Gasteiger partial charge on any atom is 0.323 e. The van der Waals surface area contributed by atoms with E-state index >= 15 is 0 Å². The van der Waals surface area contributed by atoms with Crippen LogP contribution in [0, 0.1) is 0 Å². The molecule has 1 heterocycles. The van der Waals surface area contributed by atoms with Gasteiger partial charge in [0.2, 0.25) is 0 Å². The molecule has 0 bridgehead atoms. The number of esters is 1. The van der Waals surface area contributed by atoms with Crippen LogP contribution in [0.3, 0.4) is 0 Å². The molecule has 6 heteroatoms. The molecule has 0 amide bonds. The van der Waals surface area contributed by atoms with Crippen LogP contribution in [-0.4, -0.2) is 40.9 Å². The zero-order valence-electron chi connectivity index (χ0n) is 10.8. The van der Waals surface area contributed by atoms with E-state index in [1.165, 1.54) is 0 Å². The first kappa shape index (κ1) is 14.9. The number of rotatable bonds is 8. The summed E-state index contributed by atoms with van der Waals surface area (Å²) in [6.07, 6.45) is 5.74. The van der Waals surface area contributed by atoms with E-state index in [-0.39, 0.29) is 12.0 Å². The maximum absolute atomic E-state index is 11.7. The third kappa shape index (κ3) is 5.46. The van der Waals surface area contributed by atoms with Crippen LogP contribution < -0.4 is 5.32 Å². The molecule has 0 aliphatic heterocycles. The Hall–Kier alpha value is -1.14. The van der Waals surface area contributed by atoms with Crippen molar-refractivity contribution < 1.29 is 9.53 Å². The first-order chi connectivity index (χ1) is 8.77. The van der Waals surface area contributed by atoms with Gasteiger partial charge in [-0.05, 0) is 19.9 Å². The minimum atomic E-state index is -0.237. The SMILES string of the molecule is CCNC(CCSc1cnccn1)C(=O)OCC. The van der Waals surface area contributed by atoms with Crippen LogP contribution in [-0.2, 0) is 9.53 Å². The van der Waals surface area contributed by atoms with Gasteiger partial charge in [0.05, 0.1) is 12.8 Å². The van der Waals surface area contributed by atoms with Gasteiger partial charge in [-0.2, -0.15) is 0 Å². The number of aromatic nitrogens is 2. The van der Waals surface area contributed by atoms with Gasteiger partial charge < -0.3 is 10.1 Å². The van der Waals surface area contributed by atoms with Crippen molar-refractivity contribution in [3.05, 3.63) is 18.6 Å². The Bertz CT molecular complexity index is 348. The summed E-state index contributed by atoms with van der Waals surface area (Å²) in [4.78, 5) is 19.8. The molecule has 1 aromatic rings. The van der Waals surface area contributed by atoms with Crippen LogP contribution in [0.5, 0.6) is 0 Å². The number of nitrogens with zero attached hydrogens (tertiary/aromatic N) is 2. The average Bonchev–Trinajstić information content (AvgIpc) is 2.39. The van der Waals surface area contributed by atoms with Crippen molar-refractivity contribution in [3.8, 4) is 0 Å². The number of hydrogen-bond donors (Lipinski definition) is 1. The summed E-state index contributed by atoms with van der Waals surface area (Å²) in [6, 6.07) is -0.237. The van der Waals surface area contributed by atoms with E-state index in [2.05, 4.69) is 15.3 Å². The molecule has 0 aromatic carbocycles. The second-order valence-corrected chi connectivity index (χ2v) is 4.66. The van der Waals surface area contributed by atoms with Crippen molar-refractivity contribution >= 4 is 17.7 Å². The predicted octanol–water partition coefficient (Wildman–Crippen LogP) is 1.50. The molecule has 18 heavy (non-hydrogen) atoms. The number of likely N-dealkylation sites (N-methyl/N-ethyl adjacent to an activating group) is 1. The number of carbonyl (C=O) groups excluding carboxylic acids is 1. The Kier molecular flexibility index (Phi) is 7.36. The summed E-state index contributed by atoms with van der Waals surface area (Å²) >= 11 is 1.59. The van der Waals surface area contributed by atoms with Crippen LogP contribution >= 0.6 is 11.8 Å². The highest BCUT2D eigenvalue weighted by Crippen LogP contribution is 2.15. The number of thioether (sulfide) groups is 1. The van der Waals surface area contributed by atoms with Gasteiger partial charge in [-0.15, -0.1) is 11.8 Å². The van der Waals surface area contributed by atoms with Crippen LogP contribution in [0.15, 0.2) is 23.6 Å². The smallest absolute Gasteiger partial charge is 0.323 e. The molecular formula is C12H19N3O2S. The average molecular weight is 269 g/mol. The molecule has 1 N–H and O–H groups in total. The molecule has 0 radical (unpaired) electrons. The molecule has 1 atom stereocenters. The van der Waals surface area contributed by atoms with Gasteiger partial charge in [0.15, 0.2) is 0 Å². The highest BCUT2D eigenvalue weighted by atomic mass is 32.2. The topological polar surface area (TPSA) is 64.1 Å². The summed E-state index contributed by atoms with van der Waals surface area (Å²) in [5, 5.41) is 4.00. The van der Waals surface area contributed by atoms with E-state index in [4.69, 9.17) is 4.74 Å². The summed E-state index contributed by atoms with van der Waals surface area (Å²) in [7, 11) is 0. The molecule has 1 aromatic heterocycles. The molecule has 0 spiro atoms. The third-order valence-corrected chi connectivity index (χ3v) is 3.16. The highest BCUT2D eigenvalue weighted by Gasteiger charge is 2.17. The fourth-order valence-electron chi connectivity index (χ4n) is 1.43. The minimum absolute atomic E-state index is 0.181. The monoisotopic (exact) mass is 269 g/mol. The van der Waals surface area contributed by atoms with Crippen molar-refractivity contribution in [3.63, 3.8) is 0 Å². The normalized spacial score (nSPS) is 12.1. The number of ether oxygens (including phenoxy) is 1. The van der Waals surface area contributed by atoms with E-state index in [1.54, 1.807) is 30.4 Å². The predicted molar refractivity (Wildman–Crippen MR) is 71.5 cm³/mol. The quantitative estimate of drug-likeness (QED) is 0.570. The lowest BCUT2D eigenvalue weighted by atomic mass is 10.2. The van der Waals surface area contributed by atoms with E-state index in [1.807, 2.05) is 13.8 Å². The van der Waals surface area contributed by atoms with Crippen molar-refractivity contribution in [1.82, 2.24) is 15.3 Å². The van der Waals surface area contributed by atoms with Crippen LogP contribution in [0.25, 0.3) is 0 Å². The molecule has 0 aliphatic rings. The van der Waals surface area contributed by atoms with E-state index in [9.17, 15) is 4.79 Å². The molecule has 1 unspecified atom stereocenters. The fraction of sp³-hybridized carbons (Fsp3) is 0.583. The largest absolute Gasteiger partial charge is 0.465 e. The number of nitrogens with one attached hydrogen (secondary N) is 1. The summed E-state index contributed by atoms with van der Waals surface area (Å²) < 4.78 is 5.02. The Labute approximate surface area is 112 Å². The molecule has 0 aliphatic carbocycles. The Morgan fingerprint density at radius 3 is 2.94 bits per heavy atom. The van der Waals surface area contributed by atoms with Gasteiger partial charge in [0.1, 0.15) is 11.1 Å². The molecule has 1 rings (SSSR count). The zero-order valence-corrected chi connectivity index (χ0v) is 11.6. The lowest BCUT2D eigenvalue weighted by Gasteiger charge is -2.15. The molecule has 5 nitrogen and oxygen atoms in total. The van der Waals surface area contributed by atoms with Gasteiger partial charge in [-0.1, -0.05) is 6.92 Å². The lowest BCUT2D eigenvalue weighted by molar-refractivity contribution is -0.145. The standard InChI is InChI=1S/C12H19N3O2S/c1-3-14-10(12(16)17-4-2)5-8-18-11-9-13-6-7-15-11/h6-7,9-10,14H,3-5,8H2,1-2H3. The molecule has 0 saturated carbocycles. The van der Waals surface area contributed by atoms with Gasteiger partial charge in [0, 0.05) is 18.1 Å². The first-order valence-electron chi connectivity index (χ1n) is 6.06. The first-order valence-corrected chi connectivity index (χ1v) is 7.05. The summed E-state index contributed by atoms with van der Waals surface area (Å²) in [5.41, 5.74) is 0. The van der Waals surface area contributed by atoms with Gasteiger partial charge in [-0.3, -0.25) is 9.78 Å². The minimum Gasteiger partial charge on any atom is -0.465 e. The Balaban J connectivity index is 2.35. The molecule has 0 saturated heterocycles. The molecule has 0 fully saturated rings. The van der Waals surface area contributed by atoms with Gasteiger partial charge in [0.25, 0.3) is 0 Å². The molecule has 100 valence electrons. The third-order valence-electron chi connectivity index (χ3n) is 2.22. The van der Waals surface area contributed by atoms with Crippen molar-refractivity contribution in [1.29, 1.82) is 0 Å². The number of carbonyl (C=O) groups is 1. The fourth-order valence-corrected chi connectivity index (χ4v) is 2.27. The van der Waals surface area contributed by atoms with Crippen molar-refractivity contribution in [2.45, 2.75) is 31.3 Å². The van der Waals surface area contributed by atoms with Crippen LogP contribution in [0.2, 0.25) is 0 Å². The van der Waals surface area contributed by atoms with Crippen LogP contribution in [0.4, 0.5) is 0 Å². The summed E-state index contributed by atoms with van der Waals surface area (Å²) in [5.74, 6) is 0.619. The maximum atomic E-state index is 11.7. The second kappa shape index (κ2) is 8.88. The zero-order chi connectivity index (χ0) is 13.2. The lowest BCUT2D eigenvalue weighted by Crippen LogP contribution is -2.38. The number of hydrogen-bond acceptors (Lipinski definition) is 6. The highest BCUT2D eigenvalue weighted by molar-refractivity contribution is 7.99. The van der Waals surface area contributed by atoms with Gasteiger partial charge >= 0.3 is 5.97 Å². The van der Waals surface area contributed by atoms with Gasteiger partial charge in [-0.25, -0.2) is 4.98 Å². The van der Waals surface area contributed by atoms with Crippen molar-refractivity contribution in [2.24, 2.45) is 0 Å². The Morgan fingerprint density at radius 2 is 2.33 bits per heavy atom. The summed E-state index contributed by atoms with van der Waals surface area (Å²) in [6.45, 7) is 4.95. The Morgan fingerprint density at radius 1 is 1.50 bits per heavy atom. The van der Waals surface area contributed by atoms with Crippen molar-refractivity contribution in [2.75, 3.05) is 18.9 Å². The van der Waals surface area contributed by atoms with E-state index in [0.29, 0.717) is 13.0 Å².